The zero-order chi connectivity index (χ0) is 19.4. The van der Waals surface area contributed by atoms with Crippen LogP contribution in [0.2, 0.25) is 0 Å². The minimum Gasteiger partial charge on any atom is -0.598 e. The zero-order valence-electron chi connectivity index (χ0n) is 16.6. The van der Waals surface area contributed by atoms with Gasteiger partial charge in [-0.2, -0.15) is 0 Å². The highest BCUT2D eigenvalue weighted by Crippen LogP contribution is 2.26. The molecule has 0 saturated heterocycles. The van der Waals surface area contributed by atoms with E-state index < -0.39 is 11.4 Å². The Balaban J connectivity index is 3.28. The zero-order valence-corrected chi connectivity index (χ0v) is 17.5. The summed E-state index contributed by atoms with van der Waals surface area (Å²) in [5.74, 6) is 0.868. The van der Waals surface area contributed by atoms with E-state index >= 15 is 0 Å². The Labute approximate surface area is 155 Å². The molecule has 1 aromatic heterocycles. The molecule has 0 aliphatic rings. The molecule has 1 heterocycles. The highest BCUT2D eigenvalue weighted by molar-refractivity contribution is 7.90. The van der Waals surface area contributed by atoms with E-state index in [1.807, 2.05) is 47.7 Å². The van der Waals surface area contributed by atoms with Gasteiger partial charge in [0.25, 0.3) is 0 Å². The fourth-order valence-electron chi connectivity index (χ4n) is 2.28. The Morgan fingerprint density at radius 1 is 1.36 bits per heavy atom. The second-order valence-corrected chi connectivity index (χ2v) is 9.58. The molecule has 2 atom stereocenters. The molecule has 0 radical (unpaired) electrons. The van der Waals surface area contributed by atoms with Crippen LogP contribution in [0.3, 0.4) is 0 Å². The van der Waals surface area contributed by atoms with Crippen LogP contribution >= 0.6 is 0 Å². The summed E-state index contributed by atoms with van der Waals surface area (Å²) in [7, 11) is 2.00. The van der Waals surface area contributed by atoms with Crippen molar-refractivity contribution < 1.29 is 9.35 Å². The molecular formula is C18H32N4O2S. The summed E-state index contributed by atoms with van der Waals surface area (Å²) >= 11 is -1.21. The fourth-order valence-corrected chi connectivity index (χ4v) is 3.06. The number of nitrogens with zero attached hydrogens (tertiary/aromatic N) is 2. The van der Waals surface area contributed by atoms with Crippen molar-refractivity contribution in [3.05, 3.63) is 22.9 Å². The maximum absolute atomic E-state index is 12.5. The average molecular weight is 369 g/mol. The third-order valence-electron chi connectivity index (χ3n) is 4.11. The Morgan fingerprint density at radius 3 is 2.44 bits per heavy atom. The van der Waals surface area contributed by atoms with Gasteiger partial charge in [-0.15, -0.1) is 4.72 Å². The number of aromatic nitrogens is 1. The number of nitrogens with one attached hydrogen (secondary N) is 2. The van der Waals surface area contributed by atoms with Crippen LogP contribution in [-0.4, -0.2) is 33.8 Å². The number of carbonyl (C=O) groups excluding carboxylic acids is 1. The first-order chi connectivity index (χ1) is 11.5. The summed E-state index contributed by atoms with van der Waals surface area (Å²) < 4.78 is 15.3. The number of hydrogen-bond donors (Lipinski definition) is 2. The van der Waals surface area contributed by atoms with Gasteiger partial charge >= 0.3 is 0 Å². The number of anilines is 1. The molecule has 0 saturated carbocycles. The SMILES string of the molecule is Cc1cc(N(C)C(C)C)nc([C@@H](C)N[S@@+]([O-])C(C)(C)C)c1CNC=O. The number of amides is 1. The van der Waals surface area contributed by atoms with Crippen molar-refractivity contribution in [1.82, 2.24) is 15.0 Å². The Kier molecular flexibility index (Phi) is 7.71. The van der Waals surface area contributed by atoms with Gasteiger partial charge in [0.2, 0.25) is 6.41 Å². The van der Waals surface area contributed by atoms with Crippen molar-refractivity contribution in [2.24, 2.45) is 0 Å². The quantitative estimate of drug-likeness (QED) is 0.544. The van der Waals surface area contributed by atoms with E-state index in [-0.39, 0.29) is 10.8 Å². The number of hydrogen-bond acceptors (Lipinski definition) is 5. The van der Waals surface area contributed by atoms with E-state index in [1.54, 1.807) is 0 Å². The first-order valence-corrected chi connectivity index (χ1v) is 9.72. The van der Waals surface area contributed by atoms with Gasteiger partial charge in [-0.05, 0) is 65.7 Å². The van der Waals surface area contributed by atoms with Crippen LogP contribution in [0.1, 0.15) is 64.4 Å². The largest absolute Gasteiger partial charge is 0.598 e. The van der Waals surface area contributed by atoms with Gasteiger partial charge in [-0.1, -0.05) is 0 Å². The molecule has 0 bridgehead atoms. The van der Waals surface area contributed by atoms with Gasteiger partial charge < -0.3 is 14.8 Å². The topological polar surface area (TPSA) is 80.3 Å². The van der Waals surface area contributed by atoms with Crippen LogP contribution in [-0.2, 0) is 22.7 Å². The summed E-state index contributed by atoms with van der Waals surface area (Å²) in [6.07, 6.45) is 0.683. The number of rotatable bonds is 8. The van der Waals surface area contributed by atoms with Crippen LogP contribution in [0.4, 0.5) is 5.82 Å². The molecule has 25 heavy (non-hydrogen) atoms. The second-order valence-electron chi connectivity index (χ2n) is 7.59. The summed E-state index contributed by atoms with van der Waals surface area (Å²) in [6.45, 7) is 14.4. The second kappa shape index (κ2) is 8.87. The van der Waals surface area contributed by atoms with E-state index in [9.17, 15) is 9.35 Å². The lowest BCUT2D eigenvalue weighted by atomic mass is 10.0. The van der Waals surface area contributed by atoms with Crippen LogP contribution in [0.15, 0.2) is 6.07 Å². The van der Waals surface area contributed by atoms with Crippen molar-refractivity contribution >= 4 is 23.6 Å². The lowest BCUT2D eigenvalue weighted by molar-refractivity contribution is -0.109. The van der Waals surface area contributed by atoms with Gasteiger partial charge in [0.1, 0.15) is 10.6 Å². The van der Waals surface area contributed by atoms with Crippen LogP contribution in [0.25, 0.3) is 0 Å². The Bertz CT molecular complexity index is 587. The fraction of sp³-hybridized carbons (Fsp3) is 0.667. The maximum atomic E-state index is 12.5. The van der Waals surface area contributed by atoms with E-state index in [0.717, 1.165) is 22.6 Å². The van der Waals surface area contributed by atoms with Crippen LogP contribution in [0, 0.1) is 6.92 Å². The van der Waals surface area contributed by atoms with Gasteiger partial charge in [0.05, 0.1) is 11.7 Å². The van der Waals surface area contributed by atoms with E-state index in [1.165, 1.54) is 0 Å². The van der Waals surface area contributed by atoms with Crippen LogP contribution < -0.4 is 14.9 Å². The standard InChI is InChI=1S/C18H32N4O2S/c1-12(2)22(8)16-9-13(3)15(10-19-11-23)17(20-16)14(4)21-25(24)18(5,6)7/h9,11-12,14,21H,10H2,1-8H3,(H,19,23)/t14-,25+/m1/s1. The maximum Gasteiger partial charge on any atom is 0.207 e. The smallest absolute Gasteiger partial charge is 0.207 e. The lowest BCUT2D eigenvalue weighted by Gasteiger charge is -2.29. The molecule has 2 N–H and O–H groups in total. The summed E-state index contributed by atoms with van der Waals surface area (Å²) in [5, 5.41) is 2.72. The first-order valence-electron chi connectivity index (χ1n) is 8.57. The molecule has 142 valence electrons. The highest BCUT2D eigenvalue weighted by Gasteiger charge is 2.30. The van der Waals surface area contributed by atoms with E-state index in [4.69, 9.17) is 4.98 Å². The van der Waals surface area contributed by atoms with Crippen LogP contribution in [0.5, 0.6) is 0 Å². The van der Waals surface area contributed by atoms with Gasteiger partial charge in [-0.25, -0.2) is 4.98 Å². The molecule has 0 aliphatic heterocycles. The molecule has 0 aromatic carbocycles. The lowest BCUT2D eigenvalue weighted by Crippen LogP contribution is -2.41. The summed E-state index contributed by atoms with van der Waals surface area (Å²) in [5.41, 5.74) is 2.82. The first kappa shape index (κ1) is 21.7. The van der Waals surface area contributed by atoms with Crippen molar-refractivity contribution in [3.8, 4) is 0 Å². The third-order valence-corrected chi connectivity index (χ3v) is 5.79. The number of carbonyl (C=O) groups is 1. The third kappa shape index (κ3) is 5.87. The van der Waals surface area contributed by atoms with Gasteiger partial charge in [-0.3, -0.25) is 4.79 Å². The average Bonchev–Trinajstić information content (AvgIpc) is 2.51. The molecule has 0 fully saturated rings. The number of pyridine rings is 1. The van der Waals surface area contributed by atoms with Crippen molar-refractivity contribution in [2.75, 3.05) is 11.9 Å². The van der Waals surface area contributed by atoms with Crippen molar-refractivity contribution in [2.45, 2.75) is 71.8 Å². The molecule has 1 rings (SSSR count). The number of aryl methyl sites for hydroxylation is 1. The normalized spacial score (nSPS) is 14.3. The van der Waals surface area contributed by atoms with Crippen molar-refractivity contribution in [3.63, 3.8) is 0 Å². The summed E-state index contributed by atoms with van der Waals surface area (Å²) in [4.78, 5) is 17.7. The predicted molar refractivity (Wildman–Crippen MR) is 105 cm³/mol. The molecular weight excluding hydrogens is 336 g/mol. The molecule has 1 amide bonds. The van der Waals surface area contributed by atoms with Gasteiger partial charge in [0, 0.05) is 31.0 Å². The Morgan fingerprint density at radius 2 is 1.96 bits per heavy atom. The molecule has 0 aliphatic carbocycles. The minimum atomic E-state index is -1.21. The predicted octanol–water partition coefficient (Wildman–Crippen LogP) is 2.59. The monoisotopic (exact) mass is 368 g/mol. The van der Waals surface area contributed by atoms with E-state index in [0.29, 0.717) is 19.0 Å². The minimum absolute atomic E-state index is 0.206. The molecule has 6 nitrogen and oxygen atoms in total. The molecule has 0 spiro atoms. The summed E-state index contributed by atoms with van der Waals surface area (Å²) in [6, 6.07) is 2.13. The highest BCUT2D eigenvalue weighted by atomic mass is 32.2. The van der Waals surface area contributed by atoms with Gasteiger partial charge in [0.15, 0.2) is 0 Å². The molecule has 7 heteroatoms. The molecule has 1 aromatic rings. The van der Waals surface area contributed by atoms with E-state index in [2.05, 4.69) is 28.8 Å². The van der Waals surface area contributed by atoms with Crippen molar-refractivity contribution in [1.29, 1.82) is 0 Å². The Hall–Kier alpha value is -1.31. The molecule has 0 unspecified atom stereocenters.